The molecule has 0 saturated carbocycles. The molecule has 4 aromatic rings. The molecule has 3 aromatic heterocycles. The molecule has 0 N–H and O–H groups in total. The average Bonchev–Trinajstić information content (AvgIpc) is 3.24. The number of aromatic nitrogens is 6. The van der Waals surface area contributed by atoms with Crippen molar-refractivity contribution < 1.29 is 9.13 Å². The van der Waals surface area contributed by atoms with Gasteiger partial charge in [-0.25, -0.2) is 14.1 Å². The topological polar surface area (TPSA) is 70.1 Å². The highest BCUT2D eigenvalue weighted by atomic mass is 19.1. The van der Waals surface area contributed by atoms with Gasteiger partial charge in [0.1, 0.15) is 12.4 Å². The van der Waals surface area contributed by atoms with Crippen molar-refractivity contribution in [1.29, 1.82) is 0 Å². The number of halogens is 1. The van der Waals surface area contributed by atoms with Crippen molar-refractivity contribution in [2.24, 2.45) is 0 Å². The van der Waals surface area contributed by atoms with Gasteiger partial charge in [0, 0.05) is 12.8 Å². The van der Waals surface area contributed by atoms with Crippen molar-refractivity contribution in [1.82, 2.24) is 29.6 Å². The summed E-state index contributed by atoms with van der Waals surface area (Å²) in [5.41, 5.74) is 2.30. The largest absolute Gasteiger partial charge is 0.374 e. The lowest BCUT2D eigenvalue weighted by Crippen LogP contribution is -2.00. The first-order chi connectivity index (χ1) is 12.3. The number of ether oxygens (including phenoxy) is 1. The molecule has 0 bridgehead atoms. The van der Waals surface area contributed by atoms with Gasteiger partial charge in [0.15, 0.2) is 11.6 Å². The van der Waals surface area contributed by atoms with Crippen molar-refractivity contribution in [2.75, 3.05) is 6.61 Å². The third kappa shape index (κ3) is 2.87. The Kier molecular flexibility index (Phi) is 3.95. The van der Waals surface area contributed by atoms with Gasteiger partial charge >= 0.3 is 0 Å². The van der Waals surface area contributed by atoms with E-state index >= 15 is 0 Å². The number of fused-ring (bicyclic) bond motifs is 1. The van der Waals surface area contributed by atoms with Gasteiger partial charge in [-0.2, -0.15) is 14.8 Å². The highest BCUT2D eigenvalue weighted by Crippen LogP contribution is 2.25. The minimum atomic E-state index is -0.305. The van der Waals surface area contributed by atoms with Crippen LogP contribution in [0.15, 0.2) is 48.8 Å². The predicted molar refractivity (Wildman–Crippen MR) is 88.6 cm³/mol. The normalized spacial score (nSPS) is 11.3. The molecule has 1 aromatic carbocycles. The van der Waals surface area contributed by atoms with Gasteiger partial charge in [-0.1, -0.05) is 0 Å². The smallest absolute Gasteiger partial charge is 0.177 e. The van der Waals surface area contributed by atoms with Crippen molar-refractivity contribution in [3.8, 4) is 17.1 Å². The first kappa shape index (κ1) is 15.4. The van der Waals surface area contributed by atoms with E-state index < -0.39 is 0 Å². The molecule has 0 aliphatic heterocycles. The summed E-state index contributed by atoms with van der Waals surface area (Å²) in [6.45, 7) is 2.78. The molecule has 0 atom stereocenters. The minimum absolute atomic E-state index is 0.301. The molecule has 0 radical (unpaired) electrons. The maximum absolute atomic E-state index is 13.3. The summed E-state index contributed by atoms with van der Waals surface area (Å²) in [7, 11) is 0. The van der Waals surface area contributed by atoms with Gasteiger partial charge in [0.2, 0.25) is 0 Å². The van der Waals surface area contributed by atoms with Crippen LogP contribution in [0.25, 0.3) is 22.6 Å². The summed E-state index contributed by atoms with van der Waals surface area (Å²) < 4.78 is 21.9. The summed E-state index contributed by atoms with van der Waals surface area (Å²) in [6.07, 6.45) is 3.35. The van der Waals surface area contributed by atoms with Crippen LogP contribution >= 0.6 is 0 Å². The molecule has 0 aliphatic rings. The average molecular weight is 338 g/mol. The Balaban J connectivity index is 1.87. The van der Waals surface area contributed by atoms with Crippen molar-refractivity contribution in [3.05, 3.63) is 60.4 Å². The molecule has 0 amide bonds. The highest BCUT2D eigenvalue weighted by molar-refractivity contribution is 5.76. The first-order valence-electron chi connectivity index (χ1n) is 7.85. The van der Waals surface area contributed by atoms with Crippen LogP contribution in [0.4, 0.5) is 4.39 Å². The van der Waals surface area contributed by atoms with Crippen molar-refractivity contribution in [2.45, 2.75) is 13.5 Å². The fourth-order valence-corrected chi connectivity index (χ4v) is 2.55. The van der Waals surface area contributed by atoms with E-state index in [9.17, 15) is 4.39 Å². The van der Waals surface area contributed by atoms with E-state index in [2.05, 4.69) is 20.3 Å². The summed E-state index contributed by atoms with van der Waals surface area (Å²) in [6, 6.07) is 9.83. The van der Waals surface area contributed by atoms with Gasteiger partial charge in [-0.3, -0.25) is 0 Å². The van der Waals surface area contributed by atoms with Crippen molar-refractivity contribution >= 4 is 5.52 Å². The van der Waals surface area contributed by atoms with Crippen LogP contribution < -0.4 is 0 Å². The predicted octanol–water partition coefficient (Wildman–Crippen LogP) is 2.65. The third-order valence-electron chi connectivity index (χ3n) is 3.70. The Hall–Kier alpha value is -3.13. The van der Waals surface area contributed by atoms with Crippen LogP contribution in [-0.2, 0) is 11.3 Å². The quantitative estimate of drug-likeness (QED) is 0.559. The van der Waals surface area contributed by atoms with Crippen LogP contribution in [0.5, 0.6) is 0 Å². The number of benzene rings is 1. The summed E-state index contributed by atoms with van der Waals surface area (Å²) >= 11 is 0. The zero-order valence-corrected chi connectivity index (χ0v) is 13.5. The number of nitrogens with zero attached hydrogens (tertiary/aromatic N) is 6. The Morgan fingerprint density at radius 3 is 2.76 bits per heavy atom. The minimum Gasteiger partial charge on any atom is -0.374 e. The van der Waals surface area contributed by atoms with Crippen molar-refractivity contribution in [3.63, 3.8) is 0 Å². The molecule has 25 heavy (non-hydrogen) atoms. The number of rotatable bonds is 5. The second kappa shape index (κ2) is 6.40. The zero-order chi connectivity index (χ0) is 17.2. The molecule has 0 saturated heterocycles. The standard InChI is InChI=1S/C17H15FN6O/c1-2-25-11-16-21-17(14-10-20-24-15(14)4-3-9-19-24)23(22-16)13-7-5-12(18)6-8-13/h3-10H,2,11H2,1H3. The Bertz CT molecular complexity index is 1010. The van der Waals surface area contributed by atoms with Gasteiger partial charge in [-0.05, 0) is 43.3 Å². The van der Waals surface area contributed by atoms with E-state index in [1.165, 1.54) is 16.8 Å². The Morgan fingerprint density at radius 1 is 1.12 bits per heavy atom. The molecule has 4 rings (SSSR count). The lowest BCUT2D eigenvalue weighted by atomic mass is 10.2. The van der Waals surface area contributed by atoms with E-state index in [4.69, 9.17) is 4.74 Å². The van der Waals surface area contributed by atoms with Gasteiger partial charge in [-0.15, -0.1) is 5.10 Å². The zero-order valence-electron chi connectivity index (χ0n) is 13.5. The molecule has 3 heterocycles. The molecule has 0 spiro atoms. The van der Waals surface area contributed by atoms with E-state index in [1.807, 2.05) is 19.1 Å². The molecule has 126 valence electrons. The lowest BCUT2D eigenvalue weighted by molar-refractivity contribution is 0.128. The second-order valence-corrected chi connectivity index (χ2v) is 5.33. The summed E-state index contributed by atoms with van der Waals surface area (Å²) in [5, 5.41) is 12.9. The van der Waals surface area contributed by atoms with E-state index in [0.29, 0.717) is 30.5 Å². The van der Waals surface area contributed by atoms with Gasteiger partial charge in [0.05, 0.1) is 23.0 Å². The fourth-order valence-electron chi connectivity index (χ4n) is 2.55. The molecular formula is C17H15FN6O. The Morgan fingerprint density at radius 2 is 1.96 bits per heavy atom. The molecule has 0 fully saturated rings. The molecular weight excluding hydrogens is 323 g/mol. The van der Waals surface area contributed by atoms with E-state index in [1.54, 1.807) is 29.2 Å². The lowest BCUT2D eigenvalue weighted by Gasteiger charge is -2.04. The van der Waals surface area contributed by atoms with E-state index in [-0.39, 0.29) is 5.82 Å². The SMILES string of the molecule is CCOCc1nc(-c2cnn3ncccc23)n(-c2ccc(F)cc2)n1. The molecule has 8 heteroatoms. The Labute approximate surface area is 142 Å². The maximum Gasteiger partial charge on any atom is 0.177 e. The number of hydrogen-bond donors (Lipinski definition) is 0. The van der Waals surface area contributed by atoms with Crippen LogP contribution in [0.1, 0.15) is 12.7 Å². The summed E-state index contributed by atoms with van der Waals surface area (Å²) in [4.78, 5) is 4.59. The maximum atomic E-state index is 13.3. The van der Waals surface area contributed by atoms with Crippen LogP contribution in [0.2, 0.25) is 0 Å². The van der Waals surface area contributed by atoms with Crippen LogP contribution in [0.3, 0.4) is 0 Å². The molecule has 7 nitrogen and oxygen atoms in total. The van der Waals surface area contributed by atoms with Gasteiger partial charge in [0.25, 0.3) is 0 Å². The van der Waals surface area contributed by atoms with Crippen LogP contribution in [0, 0.1) is 5.82 Å². The fraction of sp³-hybridized carbons (Fsp3) is 0.176. The second-order valence-electron chi connectivity index (χ2n) is 5.33. The highest BCUT2D eigenvalue weighted by Gasteiger charge is 2.18. The molecule has 0 aliphatic carbocycles. The van der Waals surface area contributed by atoms with Crippen LogP contribution in [-0.4, -0.2) is 36.2 Å². The van der Waals surface area contributed by atoms with Gasteiger partial charge < -0.3 is 4.74 Å². The first-order valence-corrected chi connectivity index (χ1v) is 7.85. The third-order valence-corrected chi connectivity index (χ3v) is 3.70. The monoisotopic (exact) mass is 338 g/mol. The molecule has 0 unspecified atom stereocenters. The summed E-state index contributed by atoms with van der Waals surface area (Å²) in [5.74, 6) is 0.842. The van der Waals surface area contributed by atoms with E-state index in [0.717, 1.165) is 11.1 Å². The number of hydrogen-bond acceptors (Lipinski definition) is 5.